The molecule has 0 saturated heterocycles. The SMILES string of the molecule is CCOc1ccc(C(=O)N(C)CC2CC2)cc1. The van der Waals surface area contributed by atoms with Crippen LogP contribution in [0.15, 0.2) is 24.3 Å². The molecule has 0 atom stereocenters. The Hall–Kier alpha value is -1.51. The molecule has 1 aromatic carbocycles. The monoisotopic (exact) mass is 233 g/mol. The Labute approximate surface area is 102 Å². The molecule has 1 aromatic rings. The maximum absolute atomic E-state index is 12.1. The minimum Gasteiger partial charge on any atom is -0.494 e. The lowest BCUT2D eigenvalue weighted by Gasteiger charge is -2.16. The molecule has 17 heavy (non-hydrogen) atoms. The molecule has 0 radical (unpaired) electrons. The highest BCUT2D eigenvalue weighted by Gasteiger charge is 2.25. The van der Waals surface area contributed by atoms with Gasteiger partial charge in [-0.2, -0.15) is 0 Å². The van der Waals surface area contributed by atoms with Crippen molar-refractivity contribution in [2.45, 2.75) is 19.8 Å². The van der Waals surface area contributed by atoms with E-state index in [1.165, 1.54) is 12.8 Å². The topological polar surface area (TPSA) is 29.5 Å². The van der Waals surface area contributed by atoms with Crippen LogP contribution >= 0.6 is 0 Å². The molecule has 3 heteroatoms. The third-order valence-electron chi connectivity index (χ3n) is 2.99. The van der Waals surface area contributed by atoms with Crippen LogP contribution in [0.25, 0.3) is 0 Å². The van der Waals surface area contributed by atoms with Crippen LogP contribution in [-0.4, -0.2) is 31.0 Å². The van der Waals surface area contributed by atoms with Crippen molar-refractivity contribution in [2.24, 2.45) is 5.92 Å². The molecule has 0 heterocycles. The first-order valence-electron chi connectivity index (χ1n) is 6.19. The summed E-state index contributed by atoms with van der Waals surface area (Å²) in [5, 5.41) is 0. The molecule has 0 bridgehead atoms. The lowest BCUT2D eigenvalue weighted by molar-refractivity contribution is 0.0788. The second-order valence-corrected chi connectivity index (χ2v) is 4.59. The zero-order chi connectivity index (χ0) is 12.3. The Kier molecular flexibility index (Phi) is 3.67. The number of amides is 1. The molecule has 1 aliphatic rings. The Morgan fingerprint density at radius 3 is 2.53 bits per heavy atom. The lowest BCUT2D eigenvalue weighted by atomic mass is 10.2. The van der Waals surface area contributed by atoms with Crippen LogP contribution < -0.4 is 4.74 Å². The summed E-state index contributed by atoms with van der Waals surface area (Å²) in [6, 6.07) is 7.36. The van der Waals surface area contributed by atoms with Gasteiger partial charge in [-0.15, -0.1) is 0 Å². The third kappa shape index (κ3) is 3.22. The Bertz CT molecular complexity index is 382. The predicted octanol–water partition coefficient (Wildman–Crippen LogP) is 2.57. The van der Waals surface area contributed by atoms with Crippen molar-refractivity contribution in [3.63, 3.8) is 0 Å². The molecule has 1 amide bonds. The number of hydrogen-bond acceptors (Lipinski definition) is 2. The van der Waals surface area contributed by atoms with Gasteiger partial charge in [0.15, 0.2) is 0 Å². The molecule has 1 aliphatic carbocycles. The minimum absolute atomic E-state index is 0.0972. The van der Waals surface area contributed by atoms with E-state index in [-0.39, 0.29) is 5.91 Å². The molecule has 2 rings (SSSR count). The van der Waals surface area contributed by atoms with Crippen molar-refractivity contribution >= 4 is 5.91 Å². The van der Waals surface area contributed by atoms with Crippen molar-refractivity contribution in [1.29, 1.82) is 0 Å². The van der Waals surface area contributed by atoms with Crippen LogP contribution in [0.1, 0.15) is 30.1 Å². The van der Waals surface area contributed by atoms with Crippen LogP contribution in [0.3, 0.4) is 0 Å². The fraction of sp³-hybridized carbons (Fsp3) is 0.500. The molecular weight excluding hydrogens is 214 g/mol. The maximum atomic E-state index is 12.1. The molecule has 0 N–H and O–H groups in total. The van der Waals surface area contributed by atoms with E-state index < -0.39 is 0 Å². The van der Waals surface area contributed by atoms with E-state index >= 15 is 0 Å². The van der Waals surface area contributed by atoms with E-state index in [2.05, 4.69) is 0 Å². The number of carbonyl (C=O) groups is 1. The molecule has 1 fully saturated rings. The number of nitrogens with zero attached hydrogens (tertiary/aromatic N) is 1. The minimum atomic E-state index is 0.0972. The fourth-order valence-corrected chi connectivity index (χ4v) is 1.85. The smallest absolute Gasteiger partial charge is 0.253 e. The number of hydrogen-bond donors (Lipinski definition) is 0. The van der Waals surface area contributed by atoms with Gasteiger partial charge in [0.25, 0.3) is 5.91 Å². The average molecular weight is 233 g/mol. The van der Waals surface area contributed by atoms with Gasteiger partial charge < -0.3 is 9.64 Å². The highest BCUT2D eigenvalue weighted by Crippen LogP contribution is 2.29. The van der Waals surface area contributed by atoms with Crippen LogP contribution in [0.2, 0.25) is 0 Å². The second-order valence-electron chi connectivity index (χ2n) is 4.59. The number of rotatable bonds is 5. The van der Waals surface area contributed by atoms with Crippen molar-refractivity contribution in [1.82, 2.24) is 4.90 Å². The summed E-state index contributed by atoms with van der Waals surface area (Å²) >= 11 is 0. The molecule has 92 valence electrons. The van der Waals surface area contributed by atoms with Gasteiger partial charge in [-0.05, 0) is 49.9 Å². The molecule has 0 spiro atoms. The highest BCUT2D eigenvalue weighted by atomic mass is 16.5. The Morgan fingerprint density at radius 2 is 2.00 bits per heavy atom. The number of ether oxygens (including phenoxy) is 1. The standard InChI is InChI=1S/C14H19NO2/c1-3-17-13-8-6-12(7-9-13)14(16)15(2)10-11-4-5-11/h6-9,11H,3-5,10H2,1-2H3. The summed E-state index contributed by atoms with van der Waals surface area (Å²) in [6.45, 7) is 3.48. The lowest BCUT2D eigenvalue weighted by Crippen LogP contribution is -2.28. The first kappa shape index (κ1) is 12.0. The predicted molar refractivity (Wildman–Crippen MR) is 67.3 cm³/mol. The average Bonchev–Trinajstić information content (AvgIpc) is 3.13. The summed E-state index contributed by atoms with van der Waals surface area (Å²) in [4.78, 5) is 13.9. The summed E-state index contributed by atoms with van der Waals surface area (Å²) < 4.78 is 5.35. The van der Waals surface area contributed by atoms with Crippen molar-refractivity contribution in [2.75, 3.05) is 20.2 Å². The van der Waals surface area contributed by atoms with Gasteiger partial charge in [0.1, 0.15) is 5.75 Å². The van der Waals surface area contributed by atoms with E-state index in [9.17, 15) is 4.79 Å². The van der Waals surface area contributed by atoms with Gasteiger partial charge in [0.2, 0.25) is 0 Å². The zero-order valence-corrected chi connectivity index (χ0v) is 10.5. The van der Waals surface area contributed by atoms with Crippen LogP contribution in [0.5, 0.6) is 5.75 Å². The summed E-state index contributed by atoms with van der Waals surface area (Å²) in [5.41, 5.74) is 0.733. The van der Waals surface area contributed by atoms with Crippen molar-refractivity contribution in [3.05, 3.63) is 29.8 Å². The van der Waals surface area contributed by atoms with Gasteiger partial charge in [0.05, 0.1) is 6.61 Å². The highest BCUT2D eigenvalue weighted by molar-refractivity contribution is 5.94. The molecule has 1 saturated carbocycles. The van der Waals surface area contributed by atoms with E-state index in [1.54, 1.807) is 0 Å². The van der Waals surface area contributed by atoms with Gasteiger partial charge in [-0.1, -0.05) is 0 Å². The Morgan fingerprint density at radius 1 is 1.35 bits per heavy atom. The van der Waals surface area contributed by atoms with Gasteiger partial charge in [-0.3, -0.25) is 4.79 Å². The fourth-order valence-electron chi connectivity index (χ4n) is 1.85. The zero-order valence-electron chi connectivity index (χ0n) is 10.5. The molecule has 0 unspecified atom stereocenters. The normalized spacial score (nSPS) is 14.5. The first-order valence-corrected chi connectivity index (χ1v) is 6.19. The van der Waals surface area contributed by atoms with Gasteiger partial charge in [-0.25, -0.2) is 0 Å². The first-order chi connectivity index (χ1) is 8.20. The molecular formula is C14H19NO2. The second kappa shape index (κ2) is 5.21. The Balaban J connectivity index is 1.97. The molecule has 0 aromatic heterocycles. The quantitative estimate of drug-likeness (QED) is 0.782. The molecule has 0 aliphatic heterocycles. The van der Waals surface area contributed by atoms with Crippen molar-refractivity contribution in [3.8, 4) is 5.75 Å². The number of benzene rings is 1. The van der Waals surface area contributed by atoms with E-state index in [1.807, 2.05) is 43.1 Å². The van der Waals surface area contributed by atoms with Crippen LogP contribution in [0, 0.1) is 5.92 Å². The summed E-state index contributed by atoms with van der Waals surface area (Å²) in [7, 11) is 1.87. The van der Waals surface area contributed by atoms with Gasteiger partial charge >= 0.3 is 0 Å². The van der Waals surface area contributed by atoms with E-state index in [0.717, 1.165) is 23.8 Å². The number of carbonyl (C=O) groups excluding carboxylic acids is 1. The summed E-state index contributed by atoms with van der Waals surface area (Å²) in [6.07, 6.45) is 2.53. The van der Waals surface area contributed by atoms with Crippen molar-refractivity contribution < 1.29 is 9.53 Å². The summed E-state index contributed by atoms with van der Waals surface area (Å²) in [5.74, 6) is 1.64. The van der Waals surface area contributed by atoms with Crippen LogP contribution in [0.4, 0.5) is 0 Å². The van der Waals surface area contributed by atoms with E-state index in [0.29, 0.717) is 6.61 Å². The van der Waals surface area contributed by atoms with Crippen LogP contribution in [-0.2, 0) is 0 Å². The maximum Gasteiger partial charge on any atom is 0.253 e. The largest absolute Gasteiger partial charge is 0.494 e. The molecule has 3 nitrogen and oxygen atoms in total. The van der Waals surface area contributed by atoms with E-state index in [4.69, 9.17) is 4.74 Å². The third-order valence-corrected chi connectivity index (χ3v) is 2.99. The van der Waals surface area contributed by atoms with Gasteiger partial charge in [0, 0.05) is 19.2 Å².